The molecule has 1 amide bonds. The normalized spacial score (nSPS) is 21.7. The van der Waals surface area contributed by atoms with Crippen molar-refractivity contribution in [3.05, 3.63) is 35.9 Å². The molecule has 1 aromatic carbocycles. The molecule has 0 aromatic heterocycles. The first kappa shape index (κ1) is 16.3. The number of carbonyl (C=O) groups excluding carboxylic acids is 1. The van der Waals surface area contributed by atoms with Gasteiger partial charge in [-0.1, -0.05) is 30.3 Å². The van der Waals surface area contributed by atoms with E-state index in [9.17, 15) is 14.7 Å². The van der Waals surface area contributed by atoms with E-state index in [0.29, 0.717) is 19.5 Å². The zero-order valence-corrected chi connectivity index (χ0v) is 13.3. The molecule has 0 radical (unpaired) electrons. The van der Waals surface area contributed by atoms with E-state index in [4.69, 9.17) is 4.74 Å². The number of aliphatic carboxylic acids is 1. The SMILES string of the molecule is CC(C)(C)OC(=O)N1CC[C@@](CC(=O)O)(c2ccccc2)C1. The first-order valence-corrected chi connectivity index (χ1v) is 7.47. The van der Waals surface area contributed by atoms with Crippen molar-refractivity contribution in [2.24, 2.45) is 0 Å². The zero-order chi connectivity index (χ0) is 16.4. The first-order chi connectivity index (χ1) is 10.2. The Balaban J connectivity index is 2.20. The van der Waals surface area contributed by atoms with E-state index in [1.54, 1.807) is 4.90 Å². The van der Waals surface area contributed by atoms with E-state index in [2.05, 4.69) is 0 Å². The number of likely N-dealkylation sites (tertiary alicyclic amines) is 1. The first-order valence-electron chi connectivity index (χ1n) is 7.47. The molecule has 1 N–H and O–H groups in total. The van der Waals surface area contributed by atoms with Crippen molar-refractivity contribution in [3.63, 3.8) is 0 Å². The average Bonchev–Trinajstić information content (AvgIpc) is 2.82. The number of carboxylic acid groups (broad SMARTS) is 1. The Morgan fingerprint density at radius 2 is 1.91 bits per heavy atom. The lowest BCUT2D eigenvalue weighted by atomic mass is 9.77. The maximum absolute atomic E-state index is 12.2. The van der Waals surface area contributed by atoms with Gasteiger partial charge in [-0.25, -0.2) is 4.79 Å². The summed E-state index contributed by atoms with van der Waals surface area (Å²) in [5.41, 5.74) is -0.130. The Labute approximate surface area is 130 Å². The van der Waals surface area contributed by atoms with Crippen LogP contribution < -0.4 is 0 Å². The van der Waals surface area contributed by atoms with Crippen molar-refractivity contribution in [2.75, 3.05) is 13.1 Å². The summed E-state index contributed by atoms with van der Waals surface area (Å²) in [6.07, 6.45) is 0.259. The van der Waals surface area contributed by atoms with Crippen LogP contribution >= 0.6 is 0 Å². The fraction of sp³-hybridized carbons (Fsp3) is 0.529. The number of carbonyl (C=O) groups is 2. The van der Waals surface area contributed by atoms with Gasteiger partial charge in [0.1, 0.15) is 5.60 Å². The number of benzene rings is 1. The standard InChI is InChI=1S/C17H23NO4/c1-16(2,3)22-15(21)18-10-9-17(12-18,11-14(19)20)13-7-5-4-6-8-13/h4-8H,9-12H2,1-3H3,(H,19,20)/t17-/m0/s1. The molecule has 0 saturated carbocycles. The van der Waals surface area contributed by atoms with Crippen LogP contribution in [0.4, 0.5) is 4.79 Å². The van der Waals surface area contributed by atoms with Crippen molar-refractivity contribution >= 4 is 12.1 Å². The van der Waals surface area contributed by atoms with Crippen molar-refractivity contribution in [2.45, 2.75) is 44.6 Å². The van der Waals surface area contributed by atoms with Gasteiger partial charge >= 0.3 is 12.1 Å². The van der Waals surface area contributed by atoms with Crippen LogP contribution in [0.3, 0.4) is 0 Å². The van der Waals surface area contributed by atoms with Gasteiger partial charge in [-0.05, 0) is 32.8 Å². The largest absolute Gasteiger partial charge is 0.481 e. The Morgan fingerprint density at radius 3 is 2.45 bits per heavy atom. The number of nitrogens with zero attached hydrogens (tertiary/aromatic N) is 1. The van der Waals surface area contributed by atoms with E-state index in [0.717, 1.165) is 5.56 Å². The topological polar surface area (TPSA) is 66.8 Å². The van der Waals surface area contributed by atoms with Crippen LogP contribution in [0.2, 0.25) is 0 Å². The summed E-state index contributed by atoms with van der Waals surface area (Å²) in [5.74, 6) is -0.852. The van der Waals surface area contributed by atoms with E-state index in [1.807, 2.05) is 51.1 Å². The fourth-order valence-electron chi connectivity index (χ4n) is 2.92. The van der Waals surface area contributed by atoms with Crippen molar-refractivity contribution < 1.29 is 19.4 Å². The lowest BCUT2D eigenvalue weighted by Crippen LogP contribution is -2.39. The maximum atomic E-state index is 12.2. The molecule has 0 spiro atoms. The van der Waals surface area contributed by atoms with E-state index < -0.39 is 17.0 Å². The van der Waals surface area contributed by atoms with Gasteiger partial charge in [-0.3, -0.25) is 4.79 Å². The van der Waals surface area contributed by atoms with Crippen LogP contribution in [0.5, 0.6) is 0 Å². The van der Waals surface area contributed by atoms with Gasteiger partial charge in [0, 0.05) is 18.5 Å². The highest BCUT2D eigenvalue weighted by molar-refractivity contribution is 5.72. The van der Waals surface area contributed by atoms with Crippen LogP contribution in [-0.4, -0.2) is 40.8 Å². The third-order valence-electron chi connectivity index (χ3n) is 3.88. The summed E-state index contributed by atoms with van der Waals surface area (Å²) in [5, 5.41) is 9.28. The summed E-state index contributed by atoms with van der Waals surface area (Å²) in [6.45, 7) is 6.35. The highest BCUT2D eigenvalue weighted by Crippen LogP contribution is 2.38. The molecule has 0 unspecified atom stereocenters. The summed E-state index contributed by atoms with van der Waals surface area (Å²) in [7, 11) is 0. The number of carboxylic acids is 1. The van der Waals surface area contributed by atoms with Crippen LogP contribution in [0.15, 0.2) is 30.3 Å². The smallest absolute Gasteiger partial charge is 0.410 e. The van der Waals surface area contributed by atoms with Crippen LogP contribution in [-0.2, 0) is 14.9 Å². The molecule has 22 heavy (non-hydrogen) atoms. The van der Waals surface area contributed by atoms with Gasteiger partial charge in [0.15, 0.2) is 0 Å². The molecule has 1 heterocycles. The molecule has 2 rings (SSSR count). The molecule has 5 heteroatoms. The molecule has 1 atom stereocenters. The fourth-order valence-corrected chi connectivity index (χ4v) is 2.92. The van der Waals surface area contributed by atoms with Crippen LogP contribution in [0.25, 0.3) is 0 Å². The maximum Gasteiger partial charge on any atom is 0.410 e. The van der Waals surface area contributed by atoms with Gasteiger partial charge in [0.25, 0.3) is 0 Å². The molecule has 1 aromatic rings. The zero-order valence-electron chi connectivity index (χ0n) is 13.3. The van der Waals surface area contributed by atoms with Gasteiger partial charge in [0.2, 0.25) is 0 Å². The summed E-state index contributed by atoms with van der Waals surface area (Å²) in [4.78, 5) is 25.1. The molecule has 0 aliphatic carbocycles. The summed E-state index contributed by atoms with van der Waals surface area (Å²) in [6, 6.07) is 9.56. The van der Waals surface area contributed by atoms with Crippen molar-refractivity contribution in [1.82, 2.24) is 4.90 Å². The van der Waals surface area contributed by atoms with Gasteiger partial charge in [-0.15, -0.1) is 0 Å². The number of amides is 1. The number of hydrogen-bond acceptors (Lipinski definition) is 3. The predicted octanol–water partition coefficient (Wildman–Crippen LogP) is 3.04. The lowest BCUT2D eigenvalue weighted by molar-refractivity contribution is -0.138. The Kier molecular flexibility index (Phi) is 4.44. The minimum absolute atomic E-state index is 0.0102. The van der Waals surface area contributed by atoms with Crippen molar-refractivity contribution in [1.29, 1.82) is 0 Å². The van der Waals surface area contributed by atoms with Crippen molar-refractivity contribution in [3.8, 4) is 0 Å². The number of ether oxygens (including phenoxy) is 1. The Bertz CT molecular complexity index is 550. The van der Waals surface area contributed by atoms with Crippen LogP contribution in [0, 0.1) is 0 Å². The van der Waals surface area contributed by atoms with E-state index in [1.165, 1.54) is 0 Å². The second kappa shape index (κ2) is 5.99. The van der Waals surface area contributed by atoms with Gasteiger partial charge < -0.3 is 14.7 Å². The Hall–Kier alpha value is -2.04. The highest BCUT2D eigenvalue weighted by Gasteiger charge is 2.43. The number of hydrogen-bond donors (Lipinski definition) is 1. The second-order valence-corrected chi connectivity index (χ2v) is 6.87. The van der Waals surface area contributed by atoms with E-state index >= 15 is 0 Å². The molecule has 0 bridgehead atoms. The van der Waals surface area contributed by atoms with Gasteiger partial charge in [-0.2, -0.15) is 0 Å². The molecular formula is C17H23NO4. The van der Waals surface area contributed by atoms with E-state index in [-0.39, 0.29) is 12.5 Å². The molecule has 1 aliphatic rings. The minimum atomic E-state index is -0.852. The number of rotatable bonds is 3. The molecular weight excluding hydrogens is 282 g/mol. The molecule has 120 valence electrons. The molecule has 1 fully saturated rings. The third kappa shape index (κ3) is 3.78. The van der Waals surface area contributed by atoms with Crippen LogP contribution in [0.1, 0.15) is 39.2 Å². The third-order valence-corrected chi connectivity index (χ3v) is 3.88. The molecule has 1 saturated heterocycles. The average molecular weight is 305 g/mol. The predicted molar refractivity (Wildman–Crippen MR) is 82.8 cm³/mol. The summed E-state index contributed by atoms with van der Waals surface area (Å²) < 4.78 is 5.40. The van der Waals surface area contributed by atoms with Gasteiger partial charge in [0.05, 0.1) is 6.42 Å². The monoisotopic (exact) mass is 305 g/mol. The Morgan fingerprint density at radius 1 is 1.27 bits per heavy atom. The molecule has 5 nitrogen and oxygen atoms in total. The second-order valence-electron chi connectivity index (χ2n) is 6.87. The summed E-state index contributed by atoms with van der Waals surface area (Å²) >= 11 is 0. The highest BCUT2D eigenvalue weighted by atomic mass is 16.6. The quantitative estimate of drug-likeness (QED) is 0.932. The minimum Gasteiger partial charge on any atom is -0.481 e. The lowest BCUT2D eigenvalue weighted by Gasteiger charge is -2.29. The molecule has 1 aliphatic heterocycles.